The predicted molar refractivity (Wildman–Crippen MR) is 80.4 cm³/mol. The van der Waals surface area contributed by atoms with Crippen molar-refractivity contribution in [1.82, 2.24) is 4.90 Å². The molecule has 0 aliphatic carbocycles. The molecule has 3 nitrogen and oxygen atoms in total. The van der Waals surface area contributed by atoms with Crippen LogP contribution in [0.25, 0.3) is 0 Å². The zero-order chi connectivity index (χ0) is 13.9. The Morgan fingerprint density at radius 1 is 1.25 bits per heavy atom. The van der Waals surface area contributed by atoms with E-state index in [1.54, 1.807) is 17.8 Å². The van der Waals surface area contributed by atoms with Gasteiger partial charge in [0.25, 0.3) is 0 Å². The molecule has 0 unspecified atom stereocenters. The third kappa shape index (κ3) is 2.76. The fourth-order valence-electron chi connectivity index (χ4n) is 3.17. The Bertz CT molecular complexity index is 514. The van der Waals surface area contributed by atoms with Crippen LogP contribution in [-0.4, -0.2) is 34.6 Å². The van der Waals surface area contributed by atoms with Gasteiger partial charge in [0, 0.05) is 29.7 Å². The summed E-state index contributed by atoms with van der Waals surface area (Å²) in [7, 11) is 0. The number of aliphatic hydroxyl groups is 1. The molecule has 20 heavy (non-hydrogen) atoms. The van der Waals surface area contributed by atoms with E-state index in [2.05, 4.69) is 12.1 Å². The number of thioether (sulfide) groups is 1. The third-order valence-electron chi connectivity index (χ3n) is 4.05. The summed E-state index contributed by atoms with van der Waals surface area (Å²) in [6.45, 7) is 0.163. The molecule has 0 aromatic heterocycles. The van der Waals surface area contributed by atoms with E-state index in [0.717, 1.165) is 24.2 Å². The maximum absolute atomic E-state index is 12.3. The van der Waals surface area contributed by atoms with E-state index in [-0.39, 0.29) is 18.6 Å². The number of rotatable bonds is 4. The topological polar surface area (TPSA) is 40.5 Å². The van der Waals surface area contributed by atoms with Gasteiger partial charge in [0.15, 0.2) is 0 Å². The van der Waals surface area contributed by atoms with Gasteiger partial charge in [-0.15, -0.1) is 0 Å². The van der Waals surface area contributed by atoms with Crippen LogP contribution in [0, 0.1) is 0 Å². The largest absolute Gasteiger partial charge is 0.396 e. The Morgan fingerprint density at radius 3 is 2.80 bits per heavy atom. The lowest BCUT2D eigenvalue weighted by molar-refractivity contribution is -0.129. The minimum absolute atomic E-state index is 0.121. The smallest absolute Gasteiger partial charge is 0.247 e. The number of aliphatic hydroxyl groups excluding tert-OH is 1. The van der Waals surface area contributed by atoms with Crippen LogP contribution in [0.15, 0.2) is 46.2 Å². The van der Waals surface area contributed by atoms with Crippen LogP contribution in [0.1, 0.15) is 25.7 Å². The highest BCUT2D eigenvalue weighted by Crippen LogP contribution is 2.39. The predicted octanol–water partition coefficient (Wildman–Crippen LogP) is 2.81. The molecule has 1 N–H and O–H groups in total. The van der Waals surface area contributed by atoms with Gasteiger partial charge in [0.2, 0.25) is 5.91 Å². The Kier molecular flexibility index (Phi) is 4.13. The van der Waals surface area contributed by atoms with Crippen molar-refractivity contribution in [3.8, 4) is 0 Å². The van der Waals surface area contributed by atoms with Gasteiger partial charge in [0.1, 0.15) is 0 Å². The van der Waals surface area contributed by atoms with Crippen molar-refractivity contribution in [3.63, 3.8) is 0 Å². The van der Waals surface area contributed by atoms with Crippen LogP contribution in [0.2, 0.25) is 0 Å². The molecule has 1 fully saturated rings. The zero-order valence-electron chi connectivity index (χ0n) is 11.4. The monoisotopic (exact) mass is 289 g/mol. The first kappa shape index (κ1) is 13.7. The van der Waals surface area contributed by atoms with Gasteiger partial charge in [-0.05, 0) is 42.7 Å². The molecule has 0 saturated carbocycles. The van der Waals surface area contributed by atoms with E-state index in [4.69, 9.17) is 5.11 Å². The minimum Gasteiger partial charge on any atom is -0.396 e. The highest BCUT2D eigenvalue weighted by Gasteiger charge is 2.38. The van der Waals surface area contributed by atoms with Gasteiger partial charge < -0.3 is 10.0 Å². The molecule has 3 rings (SSSR count). The fourth-order valence-corrected chi connectivity index (χ4v) is 4.20. The first-order valence-electron chi connectivity index (χ1n) is 7.14. The molecule has 0 bridgehead atoms. The highest BCUT2D eigenvalue weighted by atomic mass is 32.2. The summed E-state index contributed by atoms with van der Waals surface area (Å²) in [5.41, 5.74) is 0. The van der Waals surface area contributed by atoms with Crippen LogP contribution in [0.5, 0.6) is 0 Å². The van der Waals surface area contributed by atoms with Gasteiger partial charge in [-0.25, -0.2) is 0 Å². The van der Waals surface area contributed by atoms with E-state index in [1.165, 1.54) is 4.90 Å². The number of nitrogens with zero attached hydrogens (tertiary/aromatic N) is 1. The fraction of sp³-hybridized carbons (Fsp3) is 0.438. The quantitative estimate of drug-likeness (QED) is 0.926. The number of benzene rings is 1. The third-order valence-corrected chi connectivity index (χ3v) is 5.10. The second-order valence-electron chi connectivity index (χ2n) is 5.37. The molecule has 1 aromatic rings. The lowest BCUT2D eigenvalue weighted by Crippen LogP contribution is -2.43. The van der Waals surface area contributed by atoms with Gasteiger partial charge in [-0.1, -0.05) is 30.0 Å². The molecule has 106 valence electrons. The molecule has 2 aliphatic rings. The van der Waals surface area contributed by atoms with Crippen molar-refractivity contribution in [1.29, 1.82) is 0 Å². The van der Waals surface area contributed by atoms with E-state index in [9.17, 15) is 4.79 Å². The number of hydrogen-bond donors (Lipinski definition) is 1. The van der Waals surface area contributed by atoms with E-state index >= 15 is 0 Å². The molecule has 0 radical (unpaired) electrons. The SMILES string of the molecule is O=C1C=C(Sc2ccccc2)C[C@@H]2CC[C@H](CCO)N12. The lowest BCUT2D eigenvalue weighted by atomic mass is 10.1. The van der Waals surface area contributed by atoms with Crippen molar-refractivity contribution < 1.29 is 9.90 Å². The summed E-state index contributed by atoms with van der Waals surface area (Å²) >= 11 is 1.70. The van der Waals surface area contributed by atoms with Gasteiger partial charge in [-0.2, -0.15) is 0 Å². The van der Waals surface area contributed by atoms with Crippen LogP contribution >= 0.6 is 11.8 Å². The molecule has 2 atom stereocenters. The number of hydrogen-bond acceptors (Lipinski definition) is 3. The summed E-state index contributed by atoms with van der Waals surface area (Å²) in [5, 5.41) is 9.09. The van der Waals surface area contributed by atoms with Crippen LogP contribution in [0.3, 0.4) is 0 Å². The molecule has 2 heterocycles. The molecule has 0 spiro atoms. The number of carbonyl (C=O) groups is 1. The molecule has 1 saturated heterocycles. The standard InChI is InChI=1S/C16H19NO2S/c18-9-8-12-6-7-13-10-15(11-16(19)17(12)13)20-14-4-2-1-3-5-14/h1-5,11-13,18H,6-10H2/t12-,13+/m1/s1. The molecule has 1 amide bonds. The Balaban J connectivity index is 1.73. The van der Waals surface area contributed by atoms with E-state index in [0.29, 0.717) is 12.5 Å². The first-order valence-corrected chi connectivity index (χ1v) is 7.96. The maximum Gasteiger partial charge on any atom is 0.247 e. The van der Waals surface area contributed by atoms with E-state index in [1.807, 2.05) is 23.1 Å². The Labute approximate surface area is 123 Å². The summed E-state index contributed by atoms with van der Waals surface area (Å²) < 4.78 is 0. The van der Waals surface area contributed by atoms with E-state index < -0.39 is 0 Å². The summed E-state index contributed by atoms with van der Waals surface area (Å²) in [5.74, 6) is 0.121. The lowest BCUT2D eigenvalue weighted by Gasteiger charge is -2.33. The second-order valence-corrected chi connectivity index (χ2v) is 6.57. The minimum atomic E-state index is 0.121. The average molecular weight is 289 g/mol. The van der Waals surface area contributed by atoms with Gasteiger partial charge in [0.05, 0.1) is 0 Å². The summed E-state index contributed by atoms with van der Waals surface area (Å²) in [6.07, 6.45) is 5.52. The molecular formula is C16H19NO2S. The Morgan fingerprint density at radius 2 is 2.05 bits per heavy atom. The number of carbonyl (C=O) groups excluding carboxylic acids is 1. The first-order chi connectivity index (χ1) is 9.78. The van der Waals surface area contributed by atoms with Crippen molar-refractivity contribution in [2.75, 3.05) is 6.61 Å². The van der Waals surface area contributed by atoms with Crippen molar-refractivity contribution in [2.24, 2.45) is 0 Å². The van der Waals surface area contributed by atoms with Crippen molar-refractivity contribution >= 4 is 17.7 Å². The maximum atomic E-state index is 12.3. The second kappa shape index (κ2) is 6.02. The van der Waals surface area contributed by atoms with Gasteiger partial charge in [-0.3, -0.25) is 4.79 Å². The zero-order valence-corrected chi connectivity index (χ0v) is 12.2. The average Bonchev–Trinajstić information content (AvgIpc) is 2.84. The van der Waals surface area contributed by atoms with Crippen molar-refractivity contribution in [3.05, 3.63) is 41.3 Å². The molecule has 1 aromatic carbocycles. The normalized spacial score (nSPS) is 25.6. The van der Waals surface area contributed by atoms with Crippen LogP contribution < -0.4 is 0 Å². The summed E-state index contributed by atoms with van der Waals surface area (Å²) in [4.78, 5) is 16.7. The summed E-state index contributed by atoms with van der Waals surface area (Å²) in [6, 6.07) is 10.8. The van der Waals surface area contributed by atoms with Gasteiger partial charge >= 0.3 is 0 Å². The molecular weight excluding hydrogens is 270 g/mol. The van der Waals surface area contributed by atoms with Crippen molar-refractivity contribution in [2.45, 2.75) is 42.7 Å². The highest BCUT2D eigenvalue weighted by molar-refractivity contribution is 8.03. The number of fused-ring (bicyclic) bond motifs is 1. The molecule has 4 heteroatoms. The van der Waals surface area contributed by atoms with Crippen LogP contribution in [-0.2, 0) is 4.79 Å². The Hall–Kier alpha value is -1.26. The molecule has 2 aliphatic heterocycles. The number of amides is 1. The van der Waals surface area contributed by atoms with Crippen LogP contribution in [0.4, 0.5) is 0 Å².